The Labute approximate surface area is 128 Å². The zero-order chi connectivity index (χ0) is 15.1. The van der Waals surface area contributed by atoms with Crippen LogP contribution in [0.4, 0.5) is 5.69 Å². The third kappa shape index (κ3) is 4.16. The average molecular weight is 303 g/mol. The zero-order valence-electron chi connectivity index (χ0n) is 12.0. The van der Waals surface area contributed by atoms with E-state index < -0.39 is 0 Å². The van der Waals surface area contributed by atoms with Crippen LogP contribution in [0.5, 0.6) is 11.5 Å². The molecule has 0 aromatic heterocycles. The molecule has 0 aliphatic heterocycles. The molecule has 0 bridgehead atoms. The Morgan fingerprint density at radius 1 is 1.10 bits per heavy atom. The van der Waals surface area contributed by atoms with Gasteiger partial charge in [-0.3, -0.25) is 4.79 Å². The van der Waals surface area contributed by atoms with Crippen molar-refractivity contribution < 1.29 is 14.3 Å². The fourth-order valence-electron chi connectivity index (χ4n) is 1.82. The van der Waals surface area contributed by atoms with Crippen molar-refractivity contribution in [2.24, 2.45) is 0 Å². The van der Waals surface area contributed by atoms with Gasteiger partial charge in [0.15, 0.2) is 18.1 Å². The van der Waals surface area contributed by atoms with Crippen molar-refractivity contribution in [3.05, 3.63) is 48.5 Å². The smallest absolute Gasteiger partial charge is 0.262 e. The number of carbonyl (C=O) groups is 1. The Hall–Kier alpha value is -2.14. The molecular formula is C16H17NO3S. The number of nitrogens with one attached hydrogen (secondary N) is 1. The fourth-order valence-corrected chi connectivity index (χ4v) is 2.37. The average Bonchev–Trinajstić information content (AvgIpc) is 2.53. The topological polar surface area (TPSA) is 47.6 Å². The van der Waals surface area contributed by atoms with Gasteiger partial charge in [0.2, 0.25) is 0 Å². The maximum atomic E-state index is 12.0. The van der Waals surface area contributed by atoms with E-state index in [1.807, 2.05) is 42.7 Å². The van der Waals surface area contributed by atoms with Crippen LogP contribution >= 0.6 is 11.8 Å². The third-order valence-corrected chi connectivity index (χ3v) is 3.60. The summed E-state index contributed by atoms with van der Waals surface area (Å²) < 4.78 is 10.7. The Kier molecular flexibility index (Phi) is 5.51. The second kappa shape index (κ2) is 7.59. The van der Waals surface area contributed by atoms with E-state index in [1.165, 1.54) is 0 Å². The van der Waals surface area contributed by atoms with E-state index in [9.17, 15) is 4.79 Å². The second-order valence-corrected chi connectivity index (χ2v) is 5.04. The summed E-state index contributed by atoms with van der Waals surface area (Å²) in [7, 11) is 1.57. The van der Waals surface area contributed by atoms with Crippen LogP contribution in [0.15, 0.2) is 53.4 Å². The summed E-state index contributed by atoms with van der Waals surface area (Å²) in [6.07, 6.45) is 1.97. The number of carbonyl (C=O) groups excluding carboxylic acids is 1. The predicted molar refractivity (Wildman–Crippen MR) is 85.3 cm³/mol. The molecule has 0 radical (unpaired) electrons. The van der Waals surface area contributed by atoms with Crippen LogP contribution in [0.2, 0.25) is 0 Å². The molecule has 5 heteroatoms. The molecule has 1 N–H and O–H groups in total. The van der Waals surface area contributed by atoms with Crippen LogP contribution in [0.1, 0.15) is 0 Å². The minimum atomic E-state index is -0.206. The highest BCUT2D eigenvalue weighted by molar-refractivity contribution is 7.98. The number of benzene rings is 2. The standard InChI is InChI=1S/C16H17NO3S/c1-19-13-8-4-5-9-14(13)20-11-16(18)17-12-7-3-6-10-15(12)21-2/h3-10H,11H2,1-2H3,(H,17,18). The van der Waals surface area contributed by atoms with Crippen LogP contribution in [-0.2, 0) is 4.79 Å². The molecule has 4 nitrogen and oxygen atoms in total. The number of hydrogen-bond acceptors (Lipinski definition) is 4. The summed E-state index contributed by atoms with van der Waals surface area (Å²) in [6, 6.07) is 14.9. The Bertz CT molecular complexity index is 616. The maximum absolute atomic E-state index is 12.0. The number of amides is 1. The molecule has 2 aromatic carbocycles. The van der Waals surface area contributed by atoms with Gasteiger partial charge in [-0.05, 0) is 30.5 Å². The van der Waals surface area contributed by atoms with Crippen LogP contribution in [-0.4, -0.2) is 25.9 Å². The van der Waals surface area contributed by atoms with E-state index in [4.69, 9.17) is 9.47 Å². The zero-order valence-corrected chi connectivity index (χ0v) is 12.8. The van der Waals surface area contributed by atoms with Gasteiger partial charge in [-0.25, -0.2) is 0 Å². The van der Waals surface area contributed by atoms with E-state index in [-0.39, 0.29) is 12.5 Å². The molecule has 0 atom stereocenters. The summed E-state index contributed by atoms with van der Waals surface area (Å²) in [5.74, 6) is 0.950. The first kappa shape index (κ1) is 15.3. The first-order valence-corrected chi connectivity index (χ1v) is 7.65. The first-order chi connectivity index (χ1) is 10.2. The fraction of sp³-hybridized carbons (Fsp3) is 0.188. The number of methoxy groups -OCH3 is 1. The van der Waals surface area contributed by atoms with Gasteiger partial charge < -0.3 is 14.8 Å². The van der Waals surface area contributed by atoms with Gasteiger partial charge in [-0.1, -0.05) is 24.3 Å². The second-order valence-electron chi connectivity index (χ2n) is 4.19. The highest BCUT2D eigenvalue weighted by Crippen LogP contribution is 2.26. The lowest BCUT2D eigenvalue weighted by molar-refractivity contribution is -0.118. The lowest BCUT2D eigenvalue weighted by Gasteiger charge is -2.12. The summed E-state index contributed by atoms with van der Waals surface area (Å²) in [4.78, 5) is 13.0. The number of ether oxygens (including phenoxy) is 2. The molecule has 0 saturated heterocycles. The molecule has 0 unspecified atom stereocenters. The summed E-state index contributed by atoms with van der Waals surface area (Å²) in [5.41, 5.74) is 0.790. The summed E-state index contributed by atoms with van der Waals surface area (Å²) >= 11 is 1.58. The number of rotatable bonds is 6. The van der Waals surface area contributed by atoms with Crippen molar-refractivity contribution in [3.8, 4) is 11.5 Å². The Morgan fingerprint density at radius 3 is 2.48 bits per heavy atom. The molecule has 2 aromatic rings. The molecule has 0 aliphatic rings. The first-order valence-electron chi connectivity index (χ1n) is 6.43. The van der Waals surface area contributed by atoms with E-state index >= 15 is 0 Å². The highest BCUT2D eigenvalue weighted by atomic mass is 32.2. The largest absolute Gasteiger partial charge is 0.493 e. The van der Waals surface area contributed by atoms with E-state index in [2.05, 4.69) is 5.32 Å². The Balaban J connectivity index is 1.96. The predicted octanol–water partition coefficient (Wildman–Crippen LogP) is 3.43. The molecular weight excluding hydrogens is 286 g/mol. The minimum Gasteiger partial charge on any atom is -0.493 e. The molecule has 0 saturated carbocycles. The highest BCUT2D eigenvalue weighted by Gasteiger charge is 2.09. The number of hydrogen-bond donors (Lipinski definition) is 1. The van der Waals surface area contributed by atoms with Crippen molar-refractivity contribution in [2.75, 3.05) is 25.3 Å². The van der Waals surface area contributed by atoms with Crippen molar-refractivity contribution in [2.45, 2.75) is 4.90 Å². The van der Waals surface area contributed by atoms with Gasteiger partial charge in [-0.15, -0.1) is 11.8 Å². The van der Waals surface area contributed by atoms with Crippen molar-refractivity contribution >= 4 is 23.4 Å². The van der Waals surface area contributed by atoms with Gasteiger partial charge in [-0.2, -0.15) is 0 Å². The number of thioether (sulfide) groups is 1. The van der Waals surface area contributed by atoms with Gasteiger partial charge in [0.25, 0.3) is 5.91 Å². The SMILES string of the molecule is COc1ccccc1OCC(=O)Nc1ccccc1SC. The van der Waals surface area contributed by atoms with E-state index in [0.29, 0.717) is 11.5 Å². The molecule has 21 heavy (non-hydrogen) atoms. The van der Waals surface area contributed by atoms with E-state index in [1.54, 1.807) is 31.0 Å². The normalized spacial score (nSPS) is 10.0. The molecule has 110 valence electrons. The lowest BCUT2D eigenvalue weighted by atomic mass is 10.3. The molecule has 2 rings (SSSR count). The lowest BCUT2D eigenvalue weighted by Crippen LogP contribution is -2.20. The van der Waals surface area contributed by atoms with Crippen molar-refractivity contribution in [1.29, 1.82) is 0 Å². The maximum Gasteiger partial charge on any atom is 0.262 e. The molecule has 0 spiro atoms. The number of anilines is 1. The van der Waals surface area contributed by atoms with Gasteiger partial charge in [0, 0.05) is 4.90 Å². The molecule has 0 aliphatic carbocycles. The van der Waals surface area contributed by atoms with Crippen LogP contribution in [0.3, 0.4) is 0 Å². The van der Waals surface area contributed by atoms with E-state index in [0.717, 1.165) is 10.6 Å². The molecule has 1 amide bonds. The molecule has 0 heterocycles. The van der Waals surface area contributed by atoms with Gasteiger partial charge in [0.05, 0.1) is 12.8 Å². The minimum absolute atomic E-state index is 0.0664. The van der Waals surface area contributed by atoms with Crippen LogP contribution in [0.25, 0.3) is 0 Å². The number of para-hydroxylation sites is 3. The molecule has 0 fully saturated rings. The van der Waals surface area contributed by atoms with Crippen molar-refractivity contribution in [1.82, 2.24) is 0 Å². The quantitative estimate of drug-likeness (QED) is 0.831. The summed E-state index contributed by atoms with van der Waals surface area (Å²) in [5, 5.41) is 2.84. The third-order valence-electron chi connectivity index (χ3n) is 2.81. The van der Waals surface area contributed by atoms with Crippen LogP contribution < -0.4 is 14.8 Å². The Morgan fingerprint density at radius 2 is 1.76 bits per heavy atom. The summed E-state index contributed by atoms with van der Waals surface area (Å²) in [6.45, 7) is -0.0664. The van der Waals surface area contributed by atoms with Crippen molar-refractivity contribution in [3.63, 3.8) is 0 Å². The van der Waals surface area contributed by atoms with Gasteiger partial charge in [0.1, 0.15) is 0 Å². The van der Waals surface area contributed by atoms with Gasteiger partial charge >= 0.3 is 0 Å². The monoisotopic (exact) mass is 303 g/mol. The van der Waals surface area contributed by atoms with Crippen LogP contribution in [0, 0.1) is 0 Å².